The predicted octanol–water partition coefficient (Wildman–Crippen LogP) is 4.31. The van der Waals surface area contributed by atoms with Crippen LogP contribution in [0.3, 0.4) is 0 Å². The lowest BCUT2D eigenvalue weighted by atomic mass is 10.1. The highest BCUT2D eigenvalue weighted by Gasteiger charge is 2.18. The summed E-state index contributed by atoms with van der Waals surface area (Å²) in [5.74, 6) is -1.02. The quantitative estimate of drug-likeness (QED) is 0.344. The molecule has 0 aliphatic heterocycles. The summed E-state index contributed by atoms with van der Waals surface area (Å²) in [6, 6.07) is 13.3. The minimum Gasteiger partial charge on any atom is -0.506 e. The molecule has 2 aromatic carbocycles. The SMILES string of the molecule is CCOC(=O)C(C=Nc1ccc(S(C)=O)cc1)=C(O)c1ccccc1Cl. The largest absolute Gasteiger partial charge is 0.506 e. The molecule has 0 bridgehead atoms. The molecule has 0 aliphatic carbocycles. The molecule has 7 heteroatoms. The van der Waals surface area contributed by atoms with E-state index >= 15 is 0 Å². The first-order valence-electron chi connectivity index (χ1n) is 7.76. The van der Waals surface area contributed by atoms with Gasteiger partial charge < -0.3 is 9.84 Å². The molecule has 0 aromatic heterocycles. The maximum Gasteiger partial charge on any atom is 0.343 e. The summed E-state index contributed by atoms with van der Waals surface area (Å²) in [5.41, 5.74) is 0.733. The van der Waals surface area contributed by atoms with Gasteiger partial charge in [0.1, 0.15) is 11.3 Å². The summed E-state index contributed by atoms with van der Waals surface area (Å²) >= 11 is 6.09. The number of ether oxygens (including phenoxy) is 1. The van der Waals surface area contributed by atoms with Crippen LogP contribution in [0.25, 0.3) is 5.76 Å². The van der Waals surface area contributed by atoms with Crippen LogP contribution in [0.15, 0.2) is 64.0 Å². The minimum atomic E-state index is -1.08. The number of aliphatic imine (C=N–C) groups is 1. The molecule has 1 atom stereocenters. The molecule has 0 fully saturated rings. The highest BCUT2D eigenvalue weighted by Crippen LogP contribution is 2.25. The minimum absolute atomic E-state index is 0.108. The van der Waals surface area contributed by atoms with E-state index in [9.17, 15) is 14.1 Å². The number of rotatable bonds is 6. The number of aliphatic hydroxyl groups is 1. The average molecular weight is 392 g/mol. The predicted molar refractivity (Wildman–Crippen MR) is 105 cm³/mol. The number of nitrogens with zero attached hydrogens (tertiary/aromatic N) is 1. The highest BCUT2D eigenvalue weighted by molar-refractivity contribution is 7.84. The Bertz CT molecular complexity index is 875. The fourth-order valence-corrected chi connectivity index (χ4v) is 2.83. The smallest absolute Gasteiger partial charge is 0.343 e. The van der Waals surface area contributed by atoms with Gasteiger partial charge in [0.05, 0.1) is 17.3 Å². The van der Waals surface area contributed by atoms with E-state index < -0.39 is 16.8 Å². The number of benzene rings is 2. The third-order valence-corrected chi connectivity index (χ3v) is 4.66. The number of halogens is 1. The summed E-state index contributed by atoms with van der Waals surface area (Å²) in [5, 5.41) is 10.8. The van der Waals surface area contributed by atoms with Crippen LogP contribution in [0, 0.1) is 0 Å². The van der Waals surface area contributed by atoms with Crippen molar-refractivity contribution in [2.24, 2.45) is 4.99 Å². The second-order valence-electron chi connectivity index (χ2n) is 5.17. The number of hydrogen-bond acceptors (Lipinski definition) is 5. The number of esters is 1. The maximum absolute atomic E-state index is 12.2. The van der Waals surface area contributed by atoms with Crippen molar-refractivity contribution in [3.05, 3.63) is 64.7 Å². The van der Waals surface area contributed by atoms with E-state index in [1.807, 2.05) is 0 Å². The molecule has 5 nitrogen and oxygen atoms in total. The van der Waals surface area contributed by atoms with Gasteiger partial charge in [-0.05, 0) is 43.3 Å². The van der Waals surface area contributed by atoms with Crippen molar-refractivity contribution in [2.45, 2.75) is 11.8 Å². The Morgan fingerprint density at radius 1 is 1.23 bits per heavy atom. The van der Waals surface area contributed by atoms with Crippen molar-refractivity contribution in [3.8, 4) is 0 Å². The first kappa shape index (κ1) is 19.9. The monoisotopic (exact) mass is 391 g/mol. The first-order chi connectivity index (χ1) is 12.4. The molecule has 1 unspecified atom stereocenters. The summed E-state index contributed by atoms with van der Waals surface area (Å²) in [6.45, 7) is 1.83. The van der Waals surface area contributed by atoms with Gasteiger partial charge in [-0.15, -0.1) is 0 Å². The van der Waals surface area contributed by atoms with Crippen LogP contribution in [-0.2, 0) is 20.3 Å². The third-order valence-electron chi connectivity index (χ3n) is 3.39. The van der Waals surface area contributed by atoms with Crippen molar-refractivity contribution in [1.29, 1.82) is 0 Å². The number of aliphatic hydroxyl groups excluding tert-OH is 1. The Morgan fingerprint density at radius 2 is 1.88 bits per heavy atom. The Kier molecular flexibility index (Phi) is 7.12. The van der Waals surface area contributed by atoms with Gasteiger partial charge in [-0.25, -0.2) is 4.79 Å². The first-order valence-corrected chi connectivity index (χ1v) is 9.70. The van der Waals surface area contributed by atoms with Gasteiger partial charge in [-0.1, -0.05) is 23.7 Å². The van der Waals surface area contributed by atoms with E-state index in [0.717, 1.165) is 0 Å². The molecule has 0 saturated heterocycles. The third kappa shape index (κ3) is 5.03. The molecule has 0 aliphatic rings. The van der Waals surface area contributed by atoms with Crippen molar-refractivity contribution < 1.29 is 18.8 Å². The lowest BCUT2D eigenvalue weighted by Gasteiger charge is -2.08. The summed E-state index contributed by atoms with van der Waals surface area (Å²) in [6.07, 6.45) is 2.82. The maximum atomic E-state index is 12.2. The van der Waals surface area contributed by atoms with Crippen LogP contribution < -0.4 is 0 Å². The van der Waals surface area contributed by atoms with Crippen LogP contribution in [0.4, 0.5) is 5.69 Å². The summed E-state index contributed by atoms with van der Waals surface area (Å²) in [4.78, 5) is 17.1. The van der Waals surface area contributed by atoms with Crippen molar-refractivity contribution in [3.63, 3.8) is 0 Å². The molecule has 26 heavy (non-hydrogen) atoms. The van der Waals surface area contributed by atoms with Gasteiger partial charge in [-0.2, -0.15) is 0 Å². The van der Waals surface area contributed by atoms with Gasteiger partial charge in [-0.3, -0.25) is 9.20 Å². The number of hydrogen-bond donors (Lipinski definition) is 1. The fraction of sp³-hybridized carbons (Fsp3) is 0.158. The summed E-state index contributed by atoms with van der Waals surface area (Å²) in [7, 11) is -1.08. The Labute approximate surface area is 159 Å². The van der Waals surface area contributed by atoms with Crippen LogP contribution in [0.1, 0.15) is 12.5 Å². The van der Waals surface area contributed by atoms with E-state index in [0.29, 0.717) is 21.2 Å². The van der Waals surface area contributed by atoms with Gasteiger partial charge in [0.15, 0.2) is 0 Å². The zero-order valence-electron chi connectivity index (χ0n) is 14.3. The van der Waals surface area contributed by atoms with Crippen molar-refractivity contribution in [1.82, 2.24) is 0 Å². The second-order valence-corrected chi connectivity index (χ2v) is 6.96. The van der Waals surface area contributed by atoms with E-state index in [1.54, 1.807) is 61.7 Å². The van der Waals surface area contributed by atoms with Gasteiger partial charge in [0, 0.05) is 33.7 Å². The molecule has 2 aromatic rings. The standard InChI is InChI=1S/C19H18ClNO4S/c1-3-25-19(23)16(18(22)15-6-4-5-7-17(15)20)12-21-13-8-10-14(11-9-13)26(2)24/h4-12,22H,3H2,1-2H3. The van der Waals surface area contributed by atoms with Crippen LogP contribution >= 0.6 is 11.6 Å². The van der Waals surface area contributed by atoms with E-state index in [1.165, 1.54) is 6.21 Å². The topological polar surface area (TPSA) is 76.0 Å². The molecular formula is C19H18ClNO4S. The second kappa shape index (κ2) is 9.31. The average Bonchev–Trinajstić information content (AvgIpc) is 2.62. The lowest BCUT2D eigenvalue weighted by molar-refractivity contribution is -0.137. The van der Waals surface area contributed by atoms with Gasteiger partial charge in [0.25, 0.3) is 0 Å². The normalized spacial score (nSPS) is 13.3. The fourth-order valence-electron chi connectivity index (χ4n) is 2.08. The molecule has 1 N–H and O–H groups in total. The van der Waals surface area contributed by atoms with E-state index in [4.69, 9.17) is 16.3 Å². The van der Waals surface area contributed by atoms with Crippen LogP contribution in [0.5, 0.6) is 0 Å². The van der Waals surface area contributed by atoms with Crippen LogP contribution in [-0.4, -0.2) is 34.4 Å². The molecule has 2 rings (SSSR count). The zero-order valence-corrected chi connectivity index (χ0v) is 15.9. The Morgan fingerprint density at radius 3 is 2.46 bits per heavy atom. The Balaban J connectivity index is 2.42. The molecule has 0 spiro atoms. The number of carbonyl (C=O) groups is 1. The van der Waals surface area contributed by atoms with Gasteiger partial charge in [0.2, 0.25) is 0 Å². The zero-order chi connectivity index (χ0) is 19.1. The number of carbonyl (C=O) groups excluding carboxylic acids is 1. The van der Waals surface area contributed by atoms with E-state index in [-0.39, 0.29) is 17.9 Å². The van der Waals surface area contributed by atoms with Gasteiger partial charge >= 0.3 is 5.97 Å². The van der Waals surface area contributed by atoms with Crippen LogP contribution in [0.2, 0.25) is 5.02 Å². The Hall–Kier alpha value is -2.44. The molecule has 0 saturated carbocycles. The summed E-state index contributed by atoms with van der Waals surface area (Å²) < 4.78 is 16.4. The molecule has 0 heterocycles. The lowest BCUT2D eigenvalue weighted by Crippen LogP contribution is -2.11. The highest BCUT2D eigenvalue weighted by atomic mass is 35.5. The molecular weight excluding hydrogens is 374 g/mol. The molecule has 0 amide bonds. The molecule has 0 radical (unpaired) electrons. The van der Waals surface area contributed by atoms with Crippen molar-refractivity contribution >= 4 is 46.0 Å². The molecule has 136 valence electrons. The van der Waals surface area contributed by atoms with Crippen molar-refractivity contribution in [2.75, 3.05) is 12.9 Å². The van der Waals surface area contributed by atoms with E-state index in [2.05, 4.69) is 4.99 Å².